The molecule has 0 bridgehead atoms. The third kappa shape index (κ3) is 3.67. The van der Waals surface area contributed by atoms with Crippen molar-refractivity contribution in [3.8, 4) is 6.07 Å². The molecule has 0 aliphatic carbocycles. The summed E-state index contributed by atoms with van der Waals surface area (Å²) in [6.07, 6.45) is 1.17. The van der Waals surface area contributed by atoms with E-state index in [-0.39, 0.29) is 0 Å². The van der Waals surface area contributed by atoms with Crippen LogP contribution >= 0.6 is 0 Å². The maximum Gasteiger partial charge on any atom is 0.0866 e. The summed E-state index contributed by atoms with van der Waals surface area (Å²) >= 11 is 0. The zero-order valence-electron chi connectivity index (χ0n) is 10.4. The highest BCUT2D eigenvalue weighted by molar-refractivity contribution is 5.25. The first-order chi connectivity index (χ1) is 7.67. The van der Waals surface area contributed by atoms with Crippen LogP contribution in [0.15, 0.2) is 24.3 Å². The molecule has 86 valence electrons. The van der Waals surface area contributed by atoms with E-state index in [1.54, 1.807) is 0 Å². The molecule has 1 atom stereocenters. The minimum absolute atomic E-state index is 0.479. The Bertz CT molecular complexity index is 348. The van der Waals surface area contributed by atoms with E-state index in [0.717, 1.165) is 6.54 Å². The monoisotopic (exact) mass is 216 g/mol. The molecule has 1 aromatic carbocycles. The van der Waals surface area contributed by atoms with Crippen LogP contribution in [0.5, 0.6) is 0 Å². The van der Waals surface area contributed by atoms with E-state index in [1.165, 1.54) is 17.5 Å². The third-order valence-electron chi connectivity index (χ3n) is 2.95. The summed E-state index contributed by atoms with van der Waals surface area (Å²) in [5.74, 6) is 0.630. The first kappa shape index (κ1) is 12.7. The summed E-state index contributed by atoms with van der Waals surface area (Å²) in [4.78, 5) is 2.01. The van der Waals surface area contributed by atoms with Crippen molar-refractivity contribution in [1.82, 2.24) is 4.90 Å². The molecule has 2 nitrogen and oxygen atoms in total. The Morgan fingerprint density at radius 1 is 1.31 bits per heavy atom. The van der Waals surface area contributed by atoms with Gasteiger partial charge < -0.3 is 0 Å². The molecule has 0 amide bonds. The molecule has 0 aromatic heterocycles. The van der Waals surface area contributed by atoms with Gasteiger partial charge in [-0.15, -0.1) is 0 Å². The highest BCUT2D eigenvalue weighted by atomic mass is 15.1. The summed E-state index contributed by atoms with van der Waals surface area (Å²) in [6.45, 7) is 5.78. The van der Waals surface area contributed by atoms with Gasteiger partial charge in [-0.2, -0.15) is 5.26 Å². The molecular formula is C14H20N2. The lowest BCUT2D eigenvalue weighted by molar-refractivity contribution is 0.367. The first-order valence-corrected chi connectivity index (χ1v) is 5.81. The number of hydrogen-bond donors (Lipinski definition) is 0. The summed E-state index contributed by atoms with van der Waals surface area (Å²) in [6, 6.07) is 10.9. The Morgan fingerprint density at radius 3 is 2.44 bits per heavy atom. The molecule has 0 aliphatic heterocycles. The molecular weight excluding hydrogens is 196 g/mol. The van der Waals surface area contributed by atoms with Gasteiger partial charge in [0.2, 0.25) is 0 Å². The Morgan fingerprint density at radius 2 is 1.94 bits per heavy atom. The van der Waals surface area contributed by atoms with Crippen molar-refractivity contribution in [2.45, 2.75) is 32.7 Å². The zero-order valence-corrected chi connectivity index (χ0v) is 10.4. The predicted octanol–water partition coefficient (Wildman–Crippen LogP) is 3.16. The molecule has 1 aromatic rings. The van der Waals surface area contributed by atoms with E-state index < -0.39 is 0 Å². The summed E-state index contributed by atoms with van der Waals surface area (Å²) < 4.78 is 0. The van der Waals surface area contributed by atoms with Crippen LogP contribution in [0.2, 0.25) is 0 Å². The van der Waals surface area contributed by atoms with Crippen molar-refractivity contribution in [1.29, 1.82) is 5.26 Å². The molecule has 1 unspecified atom stereocenters. The van der Waals surface area contributed by atoms with Crippen molar-refractivity contribution in [2.24, 2.45) is 0 Å². The normalized spacial score (nSPS) is 12.4. The van der Waals surface area contributed by atoms with E-state index in [9.17, 15) is 0 Å². The van der Waals surface area contributed by atoms with E-state index in [1.807, 2.05) is 11.9 Å². The van der Waals surface area contributed by atoms with Gasteiger partial charge in [-0.05, 0) is 30.5 Å². The van der Waals surface area contributed by atoms with Crippen molar-refractivity contribution in [2.75, 3.05) is 13.6 Å². The molecule has 0 heterocycles. The van der Waals surface area contributed by atoms with Crippen LogP contribution < -0.4 is 0 Å². The van der Waals surface area contributed by atoms with Crippen LogP contribution in [-0.2, 0) is 6.54 Å². The van der Waals surface area contributed by atoms with Crippen molar-refractivity contribution in [3.63, 3.8) is 0 Å². The number of nitrogens with zero attached hydrogens (tertiary/aromatic N) is 2. The number of hydrogen-bond acceptors (Lipinski definition) is 2. The van der Waals surface area contributed by atoms with Crippen LogP contribution in [-0.4, -0.2) is 18.5 Å². The lowest BCUT2D eigenvalue weighted by atomic mass is 9.97. The van der Waals surface area contributed by atoms with Crippen molar-refractivity contribution < 1.29 is 0 Å². The van der Waals surface area contributed by atoms with Gasteiger partial charge >= 0.3 is 0 Å². The topological polar surface area (TPSA) is 27.0 Å². The average molecular weight is 216 g/mol. The minimum Gasteiger partial charge on any atom is -0.289 e. The largest absolute Gasteiger partial charge is 0.289 e. The summed E-state index contributed by atoms with van der Waals surface area (Å²) in [5, 5.41) is 8.57. The van der Waals surface area contributed by atoms with Crippen LogP contribution in [0.3, 0.4) is 0 Å². The van der Waals surface area contributed by atoms with Crippen LogP contribution in [0.1, 0.15) is 37.3 Å². The maximum atomic E-state index is 8.57. The fourth-order valence-electron chi connectivity index (χ4n) is 1.68. The zero-order chi connectivity index (χ0) is 12.0. The van der Waals surface area contributed by atoms with Gasteiger partial charge in [0.25, 0.3) is 0 Å². The van der Waals surface area contributed by atoms with Crippen molar-refractivity contribution in [3.05, 3.63) is 35.4 Å². The second-order valence-corrected chi connectivity index (χ2v) is 4.38. The van der Waals surface area contributed by atoms with E-state index in [2.05, 4.69) is 44.2 Å². The average Bonchev–Trinajstić information content (AvgIpc) is 2.29. The van der Waals surface area contributed by atoms with Gasteiger partial charge in [0.15, 0.2) is 0 Å². The number of rotatable bonds is 5. The van der Waals surface area contributed by atoms with E-state index in [0.29, 0.717) is 12.5 Å². The molecule has 0 saturated heterocycles. The highest BCUT2D eigenvalue weighted by Crippen LogP contribution is 2.19. The third-order valence-corrected chi connectivity index (χ3v) is 2.95. The van der Waals surface area contributed by atoms with Gasteiger partial charge in [-0.3, -0.25) is 4.90 Å². The quantitative estimate of drug-likeness (QED) is 0.707. The van der Waals surface area contributed by atoms with Crippen molar-refractivity contribution >= 4 is 0 Å². The Balaban J connectivity index is 2.61. The molecule has 0 N–H and O–H groups in total. The van der Waals surface area contributed by atoms with Gasteiger partial charge in [0.1, 0.15) is 0 Å². The van der Waals surface area contributed by atoms with E-state index >= 15 is 0 Å². The molecule has 1 rings (SSSR count). The number of nitriles is 1. The summed E-state index contributed by atoms with van der Waals surface area (Å²) in [7, 11) is 1.96. The molecule has 2 heteroatoms. The maximum absolute atomic E-state index is 8.57. The van der Waals surface area contributed by atoms with Crippen LogP contribution in [0, 0.1) is 11.3 Å². The Hall–Kier alpha value is -1.33. The Labute approximate surface area is 98.5 Å². The summed E-state index contributed by atoms with van der Waals surface area (Å²) in [5.41, 5.74) is 2.67. The molecule has 0 fully saturated rings. The second-order valence-electron chi connectivity index (χ2n) is 4.38. The molecule has 0 spiro atoms. The van der Waals surface area contributed by atoms with Gasteiger partial charge in [-0.1, -0.05) is 38.1 Å². The second kappa shape index (κ2) is 6.30. The number of benzene rings is 1. The Kier molecular flexibility index (Phi) is 5.01. The highest BCUT2D eigenvalue weighted by Gasteiger charge is 2.03. The van der Waals surface area contributed by atoms with Gasteiger partial charge in [-0.25, -0.2) is 0 Å². The molecule has 0 aliphatic rings. The SMILES string of the molecule is CCC(C)c1ccc(CN(C)CC#N)cc1. The fraction of sp³-hybridized carbons (Fsp3) is 0.500. The van der Waals surface area contributed by atoms with Crippen LogP contribution in [0.4, 0.5) is 0 Å². The van der Waals surface area contributed by atoms with Gasteiger partial charge in [0, 0.05) is 6.54 Å². The molecule has 16 heavy (non-hydrogen) atoms. The van der Waals surface area contributed by atoms with E-state index in [4.69, 9.17) is 5.26 Å². The minimum atomic E-state index is 0.479. The molecule has 0 saturated carbocycles. The van der Waals surface area contributed by atoms with Crippen LogP contribution in [0.25, 0.3) is 0 Å². The standard InChI is InChI=1S/C14H20N2/c1-4-12(2)14-7-5-13(6-8-14)11-16(3)10-9-15/h5-8,12H,4,10-11H2,1-3H3. The predicted molar refractivity (Wildman–Crippen MR) is 67.1 cm³/mol. The fourth-order valence-corrected chi connectivity index (χ4v) is 1.68. The lowest BCUT2D eigenvalue weighted by Crippen LogP contribution is -2.17. The van der Waals surface area contributed by atoms with Gasteiger partial charge in [0.05, 0.1) is 12.6 Å². The smallest absolute Gasteiger partial charge is 0.0866 e. The first-order valence-electron chi connectivity index (χ1n) is 5.81. The molecule has 0 radical (unpaired) electrons. The lowest BCUT2D eigenvalue weighted by Gasteiger charge is -2.14.